The van der Waals surface area contributed by atoms with Crippen LogP contribution in [0, 0.1) is 13.8 Å². The maximum Gasteiger partial charge on any atom is 0.191 e. The Morgan fingerprint density at radius 3 is 2.31 bits per heavy atom. The normalized spacial score (nSPS) is 12.3. The second-order valence-electron chi connectivity index (χ2n) is 7.90. The molecular formula is C22H32IN3O2S. The molecule has 2 aromatic rings. The fourth-order valence-corrected chi connectivity index (χ4v) is 4.08. The second-order valence-corrected chi connectivity index (χ2v) is 9.89. The van der Waals surface area contributed by atoms with Gasteiger partial charge < -0.3 is 10.6 Å². The molecule has 0 spiro atoms. The van der Waals surface area contributed by atoms with Gasteiger partial charge in [-0.1, -0.05) is 55.8 Å². The number of rotatable bonds is 6. The molecule has 7 heteroatoms. The van der Waals surface area contributed by atoms with Crippen LogP contribution in [0.25, 0.3) is 0 Å². The predicted molar refractivity (Wildman–Crippen MR) is 132 cm³/mol. The lowest BCUT2D eigenvalue weighted by molar-refractivity contribution is 0.508. The lowest BCUT2D eigenvalue weighted by Gasteiger charge is -2.27. The number of sulfone groups is 1. The van der Waals surface area contributed by atoms with Gasteiger partial charge in [-0.2, -0.15) is 0 Å². The molecule has 2 rings (SSSR count). The molecular weight excluding hydrogens is 497 g/mol. The molecule has 0 aliphatic carbocycles. The van der Waals surface area contributed by atoms with E-state index in [-0.39, 0.29) is 29.4 Å². The van der Waals surface area contributed by atoms with E-state index in [1.165, 1.54) is 17.4 Å². The SMILES string of the molecule is CN=C(NCc1ccc(S(C)(=O)=O)c(C)c1)NCC(C)(C)c1cccc(C)c1.I. The maximum absolute atomic E-state index is 11.7. The van der Waals surface area contributed by atoms with Gasteiger partial charge in [0, 0.05) is 31.8 Å². The van der Waals surface area contributed by atoms with Crippen molar-refractivity contribution >= 4 is 39.8 Å². The Kier molecular flexibility index (Phi) is 9.14. The lowest BCUT2D eigenvalue weighted by atomic mass is 9.84. The maximum atomic E-state index is 11.7. The largest absolute Gasteiger partial charge is 0.356 e. The zero-order valence-electron chi connectivity index (χ0n) is 18.0. The van der Waals surface area contributed by atoms with Crippen LogP contribution in [0.4, 0.5) is 0 Å². The monoisotopic (exact) mass is 529 g/mol. The summed E-state index contributed by atoms with van der Waals surface area (Å²) >= 11 is 0. The summed E-state index contributed by atoms with van der Waals surface area (Å²) in [6, 6.07) is 13.9. The molecule has 0 bridgehead atoms. The van der Waals surface area contributed by atoms with E-state index in [1.807, 2.05) is 19.1 Å². The van der Waals surface area contributed by atoms with Gasteiger partial charge in [0.2, 0.25) is 0 Å². The summed E-state index contributed by atoms with van der Waals surface area (Å²) in [6.07, 6.45) is 1.23. The number of nitrogens with zero attached hydrogens (tertiary/aromatic N) is 1. The van der Waals surface area contributed by atoms with Crippen LogP contribution in [0.15, 0.2) is 52.4 Å². The Bertz CT molecular complexity index is 970. The molecule has 0 saturated heterocycles. The van der Waals surface area contributed by atoms with E-state index >= 15 is 0 Å². The summed E-state index contributed by atoms with van der Waals surface area (Å²) in [5.41, 5.74) is 4.25. The summed E-state index contributed by atoms with van der Waals surface area (Å²) in [6.45, 7) is 9.63. The van der Waals surface area contributed by atoms with Gasteiger partial charge in [0.05, 0.1) is 4.90 Å². The zero-order chi connectivity index (χ0) is 20.9. The second kappa shape index (κ2) is 10.4. The number of aliphatic imine (C=N–C) groups is 1. The Balaban J connectivity index is 0.00000420. The van der Waals surface area contributed by atoms with E-state index in [9.17, 15) is 8.42 Å². The first-order valence-corrected chi connectivity index (χ1v) is 11.2. The van der Waals surface area contributed by atoms with Crippen LogP contribution in [0.2, 0.25) is 0 Å². The average Bonchev–Trinajstić information content (AvgIpc) is 2.61. The van der Waals surface area contributed by atoms with Crippen molar-refractivity contribution in [3.8, 4) is 0 Å². The first-order chi connectivity index (χ1) is 13.0. The van der Waals surface area contributed by atoms with E-state index in [0.717, 1.165) is 17.7 Å². The van der Waals surface area contributed by atoms with Crippen molar-refractivity contribution in [2.75, 3.05) is 19.8 Å². The summed E-state index contributed by atoms with van der Waals surface area (Å²) < 4.78 is 23.5. The highest BCUT2D eigenvalue weighted by atomic mass is 127. The van der Waals surface area contributed by atoms with Crippen LogP contribution in [0.1, 0.15) is 36.1 Å². The van der Waals surface area contributed by atoms with Gasteiger partial charge in [0.15, 0.2) is 15.8 Å². The minimum absolute atomic E-state index is 0. The number of nitrogens with one attached hydrogen (secondary N) is 2. The number of halogens is 1. The fourth-order valence-electron chi connectivity index (χ4n) is 3.12. The average molecular weight is 529 g/mol. The number of benzene rings is 2. The molecule has 0 aromatic heterocycles. The highest BCUT2D eigenvalue weighted by molar-refractivity contribution is 14.0. The Morgan fingerprint density at radius 2 is 1.76 bits per heavy atom. The van der Waals surface area contributed by atoms with Crippen molar-refractivity contribution in [1.29, 1.82) is 0 Å². The van der Waals surface area contributed by atoms with Crippen molar-refractivity contribution < 1.29 is 8.42 Å². The summed E-state index contributed by atoms with van der Waals surface area (Å²) in [5.74, 6) is 0.713. The predicted octanol–water partition coefficient (Wildman–Crippen LogP) is 3.97. The molecule has 160 valence electrons. The number of aryl methyl sites for hydroxylation is 2. The standard InChI is InChI=1S/C22H31N3O2S.HI/c1-16-8-7-9-19(12-16)22(3,4)15-25-21(23-5)24-14-18-10-11-20(17(2)13-18)28(6,26)27;/h7-13H,14-15H2,1-6H3,(H2,23,24,25);1H. The molecule has 5 nitrogen and oxygen atoms in total. The van der Waals surface area contributed by atoms with Gasteiger partial charge >= 0.3 is 0 Å². The van der Waals surface area contributed by atoms with E-state index < -0.39 is 9.84 Å². The highest BCUT2D eigenvalue weighted by Gasteiger charge is 2.21. The van der Waals surface area contributed by atoms with Crippen molar-refractivity contribution in [1.82, 2.24) is 10.6 Å². The first kappa shape index (κ1) is 25.4. The number of hydrogen-bond donors (Lipinski definition) is 2. The van der Waals surface area contributed by atoms with Crippen LogP contribution in [-0.2, 0) is 21.8 Å². The van der Waals surface area contributed by atoms with E-state index in [0.29, 0.717) is 17.4 Å². The molecule has 0 radical (unpaired) electrons. The number of hydrogen-bond acceptors (Lipinski definition) is 3. The first-order valence-electron chi connectivity index (χ1n) is 9.34. The fraction of sp³-hybridized carbons (Fsp3) is 0.409. The van der Waals surface area contributed by atoms with Crippen LogP contribution < -0.4 is 10.6 Å². The molecule has 0 amide bonds. The van der Waals surface area contributed by atoms with Gasteiger partial charge in [-0.05, 0) is 36.6 Å². The van der Waals surface area contributed by atoms with Crippen LogP contribution in [0.5, 0.6) is 0 Å². The number of guanidine groups is 1. The van der Waals surface area contributed by atoms with E-state index in [1.54, 1.807) is 13.1 Å². The van der Waals surface area contributed by atoms with E-state index in [4.69, 9.17) is 0 Å². The highest BCUT2D eigenvalue weighted by Crippen LogP contribution is 2.23. The Labute approximate surface area is 192 Å². The third-order valence-corrected chi connectivity index (χ3v) is 6.08. The van der Waals surface area contributed by atoms with Crippen LogP contribution >= 0.6 is 24.0 Å². The summed E-state index contributed by atoms with van der Waals surface area (Å²) in [7, 11) is -1.45. The topological polar surface area (TPSA) is 70.6 Å². The Morgan fingerprint density at radius 1 is 1.07 bits per heavy atom. The van der Waals surface area contributed by atoms with Gasteiger partial charge in [0.1, 0.15) is 0 Å². The Hall–Kier alpha value is -1.61. The van der Waals surface area contributed by atoms with Crippen molar-refractivity contribution in [2.24, 2.45) is 4.99 Å². The third-order valence-electron chi connectivity index (χ3n) is 4.82. The van der Waals surface area contributed by atoms with Crippen LogP contribution in [0.3, 0.4) is 0 Å². The summed E-state index contributed by atoms with van der Waals surface area (Å²) in [4.78, 5) is 4.67. The third kappa shape index (κ3) is 7.29. The smallest absolute Gasteiger partial charge is 0.191 e. The minimum Gasteiger partial charge on any atom is -0.356 e. The molecule has 0 aliphatic heterocycles. The molecule has 29 heavy (non-hydrogen) atoms. The quantitative estimate of drug-likeness (QED) is 0.338. The van der Waals surface area contributed by atoms with Gasteiger partial charge in [-0.15, -0.1) is 24.0 Å². The molecule has 0 aliphatic rings. The molecule has 0 heterocycles. The molecule has 0 fully saturated rings. The van der Waals surface area contributed by atoms with Crippen molar-refractivity contribution in [3.63, 3.8) is 0 Å². The van der Waals surface area contributed by atoms with Gasteiger partial charge in [-0.3, -0.25) is 4.99 Å². The minimum atomic E-state index is -3.20. The molecule has 0 saturated carbocycles. The van der Waals surface area contributed by atoms with Gasteiger partial charge in [0.25, 0.3) is 0 Å². The van der Waals surface area contributed by atoms with Crippen molar-refractivity contribution in [3.05, 3.63) is 64.7 Å². The zero-order valence-corrected chi connectivity index (χ0v) is 21.2. The van der Waals surface area contributed by atoms with Crippen molar-refractivity contribution in [2.45, 2.75) is 44.6 Å². The van der Waals surface area contributed by atoms with E-state index in [2.05, 4.69) is 60.7 Å². The lowest BCUT2D eigenvalue weighted by Crippen LogP contribution is -2.43. The molecule has 0 unspecified atom stereocenters. The van der Waals surface area contributed by atoms with Gasteiger partial charge in [-0.25, -0.2) is 8.42 Å². The summed E-state index contributed by atoms with van der Waals surface area (Å²) in [5, 5.41) is 6.69. The molecule has 2 N–H and O–H groups in total. The molecule has 0 atom stereocenters. The molecule has 2 aromatic carbocycles. The van der Waals surface area contributed by atoms with Crippen LogP contribution in [-0.4, -0.2) is 34.2 Å².